The van der Waals surface area contributed by atoms with Crippen LogP contribution in [0.25, 0.3) is 0 Å². The summed E-state index contributed by atoms with van der Waals surface area (Å²) in [5.41, 5.74) is 1.09. The van der Waals surface area contributed by atoms with Gasteiger partial charge in [0.1, 0.15) is 18.8 Å². The molecule has 0 radical (unpaired) electrons. The number of carbonyl (C=O) groups is 1. The molecule has 0 bridgehead atoms. The SMILES string of the molecule is O=C(O)CN(CC1CC1)C1CC(Nc2cc(OCc3ccccc3)ncn2)C1. The molecule has 28 heavy (non-hydrogen) atoms. The lowest BCUT2D eigenvalue weighted by Gasteiger charge is -2.43. The Morgan fingerprint density at radius 3 is 2.71 bits per heavy atom. The summed E-state index contributed by atoms with van der Waals surface area (Å²) in [5.74, 6) is 1.23. The molecule has 2 aliphatic rings. The number of carboxylic acids is 1. The number of hydrogen-bond donors (Lipinski definition) is 2. The molecule has 4 rings (SSSR count). The molecule has 7 heteroatoms. The van der Waals surface area contributed by atoms with E-state index in [4.69, 9.17) is 9.84 Å². The molecule has 0 spiro atoms. The Labute approximate surface area is 164 Å². The first-order valence-corrected chi connectivity index (χ1v) is 9.87. The Morgan fingerprint density at radius 2 is 2.00 bits per heavy atom. The van der Waals surface area contributed by atoms with Gasteiger partial charge in [-0.25, -0.2) is 9.97 Å². The molecular weight excluding hydrogens is 356 g/mol. The van der Waals surface area contributed by atoms with Crippen molar-refractivity contribution in [3.8, 4) is 5.88 Å². The number of hydrogen-bond acceptors (Lipinski definition) is 6. The highest BCUT2D eigenvalue weighted by molar-refractivity contribution is 5.69. The van der Waals surface area contributed by atoms with Crippen molar-refractivity contribution in [2.24, 2.45) is 5.92 Å². The topological polar surface area (TPSA) is 87.6 Å². The van der Waals surface area contributed by atoms with Crippen molar-refractivity contribution < 1.29 is 14.6 Å². The Kier molecular flexibility index (Phi) is 5.71. The third-order valence-electron chi connectivity index (χ3n) is 5.38. The number of rotatable bonds is 10. The number of aliphatic carboxylic acids is 1. The fraction of sp³-hybridized carbons (Fsp3) is 0.476. The highest BCUT2D eigenvalue weighted by atomic mass is 16.5. The Morgan fingerprint density at radius 1 is 1.21 bits per heavy atom. The van der Waals surface area contributed by atoms with E-state index in [9.17, 15) is 4.79 Å². The summed E-state index contributed by atoms with van der Waals surface area (Å²) in [4.78, 5) is 21.7. The average molecular weight is 382 g/mol. The molecule has 0 aliphatic heterocycles. The van der Waals surface area contributed by atoms with Gasteiger partial charge in [-0.15, -0.1) is 0 Å². The molecule has 1 heterocycles. The van der Waals surface area contributed by atoms with Gasteiger partial charge in [0.2, 0.25) is 5.88 Å². The molecular formula is C21H26N4O3. The molecule has 0 atom stereocenters. The minimum Gasteiger partial charge on any atom is -0.480 e. The monoisotopic (exact) mass is 382 g/mol. The molecule has 0 saturated heterocycles. The van der Waals surface area contributed by atoms with E-state index in [1.807, 2.05) is 36.4 Å². The second-order valence-corrected chi connectivity index (χ2v) is 7.75. The van der Waals surface area contributed by atoms with Crippen molar-refractivity contribution in [2.75, 3.05) is 18.4 Å². The normalized spacial score (nSPS) is 21.2. The van der Waals surface area contributed by atoms with Crippen molar-refractivity contribution in [3.05, 3.63) is 48.3 Å². The van der Waals surface area contributed by atoms with Crippen LogP contribution in [0.1, 0.15) is 31.2 Å². The third kappa shape index (κ3) is 5.19. The molecule has 1 aromatic heterocycles. The zero-order chi connectivity index (χ0) is 19.3. The van der Waals surface area contributed by atoms with Gasteiger partial charge in [0, 0.05) is 24.7 Å². The van der Waals surface area contributed by atoms with Crippen LogP contribution in [0.4, 0.5) is 5.82 Å². The van der Waals surface area contributed by atoms with Crippen molar-refractivity contribution in [1.29, 1.82) is 0 Å². The zero-order valence-electron chi connectivity index (χ0n) is 15.8. The zero-order valence-corrected chi connectivity index (χ0v) is 15.8. The van der Waals surface area contributed by atoms with Gasteiger partial charge in [-0.2, -0.15) is 0 Å². The molecule has 2 fully saturated rings. The predicted octanol–water partition coefficient (Wildman–Crippen LogP) is 2.80. The van der Waals surface area contributed by atoms with E-state index in [0.717, 1.165) is 30.8 Å². The summed E-state index contributed by atoms with van der Waals surface area (Å²) in [6.45, 7) is 1.52. The molecule has 2 aromatic rings. The Hall–Kier alpha value is -2.67. The first-order chi connectivity index (χ1) is 13.7. The first kappa shape index (κ1) is 18.7. The maximum absolute atomic E-state index is 11.1. The van der Waals surface area contributed by atoms with Crippen molar-refractivity contribution >= 4 is 11.8 Å². The van der Waals surface area contributed by atoms with Crippen LogP contribution in [0.3, 0.4) is 0 Å². The largest absolute Gasteiger partial charge is 0.480 e. The summed E-state index contributed by atoms with van der Waals surface area (Å²) in [6, 6.07) is 12.4. The van der Waals surface area contributed by atoms with Crippen LogP contribution in [0.15, 0.2) is 42.7 Å². The smallest absolute Gasteiger partial charge is 0.317 e. The van der Waals surface area contributed by atoms with Crippen LogP contribution < -0.4 is 10.1 Å². The Balaban J connectivity index is 1.26. The number of anilines is 1. The van der Waals surface area contributed by atoms with Crippen molar-refractivity contribution in [3.63, 3.8) is 0 Å². The van der Waals surface area contributed by atoms with E-state index >= 15 is 0 Å². The molecule has 1 aromatic carbocycles. The van der Waals surface area contributed by atoms with Gasteiger partial charge in [0.15, 0.2) is 0 Å². The molecule has 0 unspecified atom stereocenters. The fourth-order valence-electron chi connectivity index (χ4n) is 3.59. The predicted molar refractivity (Wildman–Crippen MR) is 105 cm³/mol. The van der Waals surface area contributed by atoms with E-state index in [-0.39, 0.29) is 6.54 Å². The lowest BCUT2D eigenvalue weighted by molar-refractivity contribution is -0.139. The quantitative estimate of drug-likeness (QED) is 0.653. The van der Waals surface area contributed by atoms with Gasteiger partial charge in [-0.05, 0) is 37.2 Å². The van der Waals surface area contributed by atoms with Gasteiger partial charge < -0.3 is 15.2 Å². The summed E-state index contributed by atoms with van der Waals surface area (Å²) in [6.07, 6.45) is 5.84. The van der Waals surface area contributed by atoms with Crippen LogP contribution in [-0.2, 0) is 11.4 Å². The van der Waals surface area contributed by atoms with Gasteiger partial charge in [0.05, 0.1) is 6.54 Å². The molecule has 2 N–H and O–H groups in total. The highest BCUT2D eigenvalue weighted by Crippen LogP contribution is 2.34. The van der Waals surface area contributed by atoms with Gasteiger partial charge in [-0.3, -0.25) is 9.69 Å². The van der Waals surface area contributed by atoms with Crippen molar-refractivity contribution in [2.45, 2.75) is 44.4 Å². The summed E-state index contributed by atoms with van der Waals surface area (Å²) < 4.78 is 5.76. The lowest BCUT2D eigenvalue weighted by atomic mass is 9.85. The van der Waals surface area contributed by atoms with E-state index in [1.165, 1.54) is 19.2 Å². The molecule has 0 amide bonds. The number of aromatic nitrogens is 2. The Bertz CT molecular complexity index is 791. The van der Waals surface area contributed by atoms with E-state index in [1.54, 1.807) is 0 Å². The van der Waals surface area contributed by atoms with Crippen LogP contribution in [0.5, 0.6) is 5.88 Å². The van der Waals surface area contributed by atoms with Crippen LogP contribution in [0.2, 0.25) is 0 Å². The van der Waals surface area contributed by atoms with E-state index in [2.05, 4.69) is 20.2 Å². The minimum atomic E-state index is -0.743. The van der Waals surface area contributed by atoms with Crippen LogP contribution in [0, 0.1) is 5.92 Å². The fourth-order valence-corrected chi connectivity index (χ4v) is 3.59. The number of benzene rings is 1. The summed E-state index contributed by atoms with van der Waals surface area (Å²) in [5, 5.41) is 12.6. The van der Waals surface area contributed by atoms with E-state index < -0.39 is 5.97 Å². The first-order valence-electron chi connectivity index (χ1n) is 9.87. The average Bonchev–Trinajstić information content (AvgIpc) is 3.47. The summed E-state index contributed by atoms with van der Waals surface area (Å²) >= 11 is 0. The molecule has 2 saturated carbocycles. The molecule has 7 nitrogen and oxygen atoms in total. The van der Waals surface area contributed by atoms with Crippen LogP contribution >= 0.6 is 0 Å². The van der Waals surface area contributed by atoms with Crippen molar-refractivity contribution in [1.82, 2.24) is 14.9 Å². The van der Waals surface area contributed by atoms with Gasteiger partial charge in [0.25, 0.3) is 0 Å². The maximum atomic E-state index is 11.1. The van der Waals surface area contributed by atoms with Crippen LogP contribution in [-0.4, -0.2) is 51.1 Å². The minimum absolute atomic E-state index is 0.138. The number of ether oxygens (including phenoxy) is 1. The van der Waals surface area contributed by atoms with E-state index in [0.29, 0.717) is 30.5 Å². The number of nitrogens with one attached hydrogen (secondary N) is 1. The van der Waals surface area contributed by atoms with Gasteiger partial charge in [-0.1, -0.05) is 30.3 Å². The second kappa shape index (κ2) is 8.56. The highest BCUT2D eigenvalue weighted by Gasteiger charge is 2.37. The standard InChI is InChI=1S/C21H26N4O3/c26-21(27)12-25(11-15-6-7-15)18-8-17(9-18)24-19-10-20(23-14-22-19)28-13-16-4-2-1-3-5-16/h1-5,10,14-15,17-18H,6-9,11-13H2,(H,26,27)(H,22,23,24). The number of carboxylic acid groups (broad SMARTS) is 1. The molecule has 148 valence electrons. The summed E-state index contributed by atoms with van der Waals surface area (Å²) in [7, 11) is 0. The third-order valence-corrected chi connectivity index (χ3v) is 5.38. The molecule has 2 aliphatic carbocycles. The number of nitrogens with zero attached hydrogens (tertiary/aromatic N) is 3. The van der Waals surface area contributed by atoms with Gasteiger partial charge >= 0.3 is 5.97 Å². The maximum Gasteiger partial charge on any atom is 0.317 e. The second-order valence-electron chi connectivity index (χ2n) is 7.75. The lowest BCUT2D eigenvalue weighted by Crippen LogP contribution is -2.52.